The maximum atomic E-state index is 6.90. The van der Waals surface area contributed by atoms with E-state index in [2.05, 4.69) is 252 Å². The molecule has 0 aliphatic carbocycles. The number of rotatable bonds is 6. The molecule has 2 aliphatic rings. The normalized spacial score (nSPS) is 12.3. The Kier molecular flexibility index (Phi) is 8.59. The molecule has 0 saturated carbocycles. The monoisotopic (exact) mass is 908 g/mol. The Morgan fingerprint density at radius 1 is 0.257 bits per heavy atom. The number of benzene rings is 11. The molecule has 0 bridgehead atoms. The van der Waals surface area contributed by atoms with Crippen LogP contribution in [-0.4, -0.2) is 9.13 Å². The van der Waals surface area contributed by atoms with Crippen LogP contribution in [0.5, 0.6) is 11.5 Å². The lowest BCUT2D eigenvalue weighted by Crippen LogP contribution is -2.04. The van der Waals surface area contributed by atoms with Crippen LogP contribution in [0.2, 0.25) is 0 Å². The molecule has 0 atom stereocenters. The molecule has 0 N–H and O–H groups in total. The third-order valence-corrected chi connectivity index (χ3v) is 15.5. The van der Waals surface area contributed by atoms with E-state index in [1.165, 1.54) is 92.6 Å². The van der Waals surface area contributed by atoms with Gasteiger partial charge >= 0.3 is 0 Å². The van der Waals surface area contributed by atoms with Crippen molar-refractivity contribution in [3.63, 3.8) is 0 Å². The lowest BCUT2D eigenvalue weighted by Gasteiger charge is -2.22. The van der Waals surface area contributed by atoms with E-state index in [4.69, 9.17) is 4.74 Å². The van der Waals surface area contributed by atoms with Gasteiger partial charge in [0.05, 0.1) is 33.4 Å². The minimum Gasteiger partial charge on any atom is -0.453 e. The number of nitrogens with zero attached hydrogens (tertiary/aromatic N) is 2. The Hall–Kier alpha value is -8.83. The van der Waals surface area contributed by atoms with Crippen LogP contribution in [0.1, 0.15) is 0 Å². The second-order valence-corrected chi connectivity index (χ2v) is 19.6. The standard InChI is InChI=1S/C66H40N2OS/c1-5-14-41(15-6-1)49-26-30-59-61(37-49)69-62-38-51(43-18-9-3-10-19-43)35-55-53-33-47(24-28-57(53)67(59)65(55)62)45-22-13-23-46(32-45)48-25-29-58-54(34-48)56-36-52(44-20-11-4-12-21-44)40-64-66(56)68(58)60-31-27-50(39-63(60)70-64)42-16-7-2-8-17-42/h1-40H. The molecule has 4 heteroatoms. The Morgan fingerprint density at radius 2 is 0.657 bits per heavy atom. The topological polar surface area (TPSA) is 19.1 Å². The molecular formula is C66H40N2OS. The van der Waals surface area contributed by atoms with Crippen molar-refractivity contribution in [1.82, 2.24) is 9.13 Å². The van der Waals surface area contributed by atoms with E-state index in [-0.39, 0.29) is 0 Å². The van der Waals surface area contributed by atoms with Crippen molar-refractivity contribution in [3.05, 3.63) is 243 Å². The summed E-state index contributed by atoms with van der Waals surface area (Å²) in [6.07, 6.45) is 0. The molecular weight excluding hydrogens is 869 g/mol. The fourth-order valence-electron chi connectivity index (χ4n) is 11.1. The Balaban J connectivity index is 0.875. The van der Waals surface area contributed by atoms with Crippen LogP contribution in [0.4, 0.5) is 0 Å². The molecule has 326 valence electrons. The SMILES string of the molecule is c1ccc(-c2ccc3c(c2)Oc2cc(-c4ccccc4)cc4c5cc(-c6cccc(-c7ccc8c(c7)c7cc(-c9ccccc9)cc9c7n8-c7ccc(-c8ccccc8)cc7S9)c6)ccc5n-3c24)cc1. The molecule has 0 radical (unpaired) electrons. The minimum atomic E-state index is 0.851. The highest BCUT2D eigenvalue weighted by atomic mass is 32.2. The van der Waals surface area contributed by atoms with Crippen LogP contribution >= 0.6 is 11.8 Å². The second-order valence-electron chi connectivity index (χ2n) is 18.5. The molecule has 70 heavy (non-hydrogen) atoms. The van der Waals surface area contributed by atoms with Crippen LogP contribution in [0.3, 0.4) is 0 Å². The zero-order chi connectivity index (χ0) is 45.9. The van der Waals surface area contributed by atoms with Crippen molar-refractivity contribution in [2.75, 3.05) is 0 Å². The number of hydrogen-bond donors (Lipinski definition) is 0. The van der Waals surface area contributed by atoms with Crippen LogP contribution in [0.15, 0.2) is 252 Å². The lowest BCUT2D eigenvalue weighted by atomic mass is 9.96. The third kappa shape index (κ3) is 6.10. The van der Waals surface area contributed by atoms with Gasteiger partial charge in [-0.1, -0.05) is 176 Å². The number of aromatic nitrogens is 2. The van der Waals surface area contributed by atoms with Crippen LogP contribution in [-0.2, 0) is 0 Å². The molecule has 11 aromatic carbocycles. The molecule has 0 spiro atoms. The van der Waals surface area contributed by atoms with Gasteiger partial charge in [0.1, 0.15) is 0 Å². The fourth-order valence-corrected chi connectivity index (χ4v) is 12.3. The summed E-state index contributed by atoms with van der Waals surface area (Å²) in [5.41, 5.74) is 21.2. The Bertz CT molecular complexity index is 3990. The summed E-state index contributed by atoms with van der Waals surface area (Å²) in [6.45, 7) is 0. The maximum Gasteiger partial charge on any atom is 0.152 e. The van der Waals surface area contributed by atoms with E-state index in [0.29, 0.717) is 0 Å². The molecule has 0 unspecified atom stereocenters. The van der Waals surface area contributed by atoms with E-state index in [1.807, 2.05) is 11.8 Å². The van der Waals surface area contributed by atoms with E-state index in [0.717, 1.165) is 50.5 Å². The summed E-state index contributed by atoms with van der Waals surface area (Å²) < 4.78 is 11.8. The molecule has 2 aliphatic heterocycles. The molecule has 2 aromatic heterocycles. The van der Waals surface area contributed by atoms with Gasteiger partial charge in [-0.05, 0) is 146 Å². The largest absolute Gasteiger partial charge is 0.453 e. The summed E-state index contributed by atoms with van der Waals surface area (Å²) >= 11 is 1.88. The van der Waals surface area contributed by atoms with Crippen molar-refractivity contribution in [2.24, 2.45) is 0 Å². The average Bonchev–Trinajstić information content (AvgIpc) is 3.95. The van der Waals surface area contributed by atoms with Gasteiger partial charge in [0, 0.05) is 31.3 Å². The summed E-state index contributed by atoms with van der Waals surface area (Å²) in [5, 5.41) is 4.89. The van der Waals surface area contributed by atoms with Gasteiger partial charge in [-0.3, -0.25) is 0 Å². The molecule has 15 rings (SSSR count). The molecule has 0 fully saturated rings. The fraction of sp³-hybridized carbons (Fsp3) is 0. The minimum absolute atomic E-state index is 0.851. The van der Waals surface area contributed by atoms with Crippen molar-refractivity contribution >= 4 is 55.4 Å². The second kappa shape index (κ2) is 15.3. The Labute approximate surface area is 409 Å². The van der Waals surface area contributed by atoms with Gasteiger partial charge in [-0.25, -0.2) is 0 Å². The van der Waals surface area contributed by atoms with Crippen LogP contribution in [0.25, 0.3) is 122 Å². The van der Waals surface area contributed by atoms with Crippen molar-refractivity contribution in [3.8, 4) is 89.6 Å². The third-order valence-electron chi connectivity index (χ3n) is 14.5. The summed E-state index contributed by atoms with van der Waals surface area (Å²) in [5.74, 6) is 1.71. The van der Waals surface area contributed by atoms with E-state index in [9.17, 15) is 0 Å². The number of ether oxygens (including phenoxy) is 1. The summed E-state index contributed by atoms with van der Waals surface area (Å²) in [4.78, 5) is 2.54. The van der Waals surface area contributed by atoms with Crippen molar-refractivity contribution in [2.45, 2.75) is 9.79 Å². The van der Waals surface area contributed by atoms with E-state index in [1.54, 1.807) is 0 Å². The van der Waals surface area contributed by atoms with E-state index < -0.39 is 0 Å². The smallest absolute Gasteiger partial charge is 0.152 e. The number of hydrogen-bond acceptors (Lipinski definition) is 2. The molecule has 4 heterocycles. The van der Waals surface area contributed by atoms with Crippen LogP contribution in [0, 0.1) is 0 Å². The first-order valence-electron chi connectivity index (χ1n) is 23.9. The maximum absolute atomic E-state index is 6.90. The average molecular weight is 909 g/mol. The first-order chi connectivity index (χ1) is 34.7. The van der Waals surface area contributed by atoms with Gasteiger partial charge in [0.15, 0.2) is 11.5 Å². The molecule has 0 saturated heterocycles. The molecule has 0 amide bonds. The van der Waals surface area contributed by atoms with Crippen molar-refractivity contribution < 1.29 is 4.74 Å². The quantitative estimate of drug-likeness (QED) is 0.166. The van der Waals surface area contributed by atoms with E-state index >= 15 is 0 Å². The predicted molar refractivity (Wildman–Crippen MR) is 292 cm³/mol. The highest BCUT2D eigenvalue weighted by molar-refractivity contribution is 7.99. The molecule has 13 aromatic rings. The highest BCUT2D eigenvalue weighted by Gasteiger charge is 2.27. The highest BCUT2D eigenvalue weighted by Crippen LogP contribution is 2.51. The lowest BCUT2D eigenvalue weighted by molar-refractivity contribution is 0.477. The van der Waals surface area contributed by atoms with Gasteiger partial charge < -0.3 is 13.9 Å². The number of fused-ring (bicyclic) bond motifs is 10. The first-order valence-corrected chi connectivity index (χ1v) is 24.7. The zero-order valence-electron chi connectivity index (χ0n) is 37.8. The van der Waals surface area contributed by atoms with Crippen molar-refractivity contribution in [1.29, 1.82) is 0 Å². The van der Waals surface area contributed by atoms with Gasteiger partial charge in [-0.15, -0.1) is 0 Å². The van der Waals surface area contributed by atoms with Gasteiger partial charge in [0.2, 0.25) is 0 Å². The first kappa shape index (κ1) is 39.2. The van der Waals surface area contributed by atoms with Gasteiger partial charge in [0.25, 0.3) is 0 Å². The Morgan fingerprint density at radius 3 is 1.24 bits per heavy atom. The van der Waals surface area contributed by atoms with Gasteiger partial charge in [-0.2, -0.15) is 0 Å². The summed E-state index contributed by atoms with van der Waals surface area (Å²) in [6, 6.07) is 88.6. The predicted octanol–water partition coefficient (Wildman–Crippen LogP) is 18.5. The molecule has 3 nitrogen and oxygen atoms in total. The summed E-state index contributed by atoms with van der Waals surface area (Å²) in [7, 11) is 0. The zero-order valence-corrected chi connectivity index (χ0v) is 38.6. The van der Waals surface area contributed by atoms with Crippen LogP contribution < -0.4 is 4.74 Å².